The van der Waals surface area contributed by atoms with Crippen molar-refractivity contribution in [1.29, 1.82) is 0 Å². The first-order valence-corrected chi connectivity index (χ1v) is 5.85. The van der Waals surface area contributed by atoms with Gasteiger partial charge in [0.05, 0.1) is 15.6 Å². The number of thiol groups is 1. The number of aromatic nitrogens is 2. The number of nitrogens with zero attached hydrogens (tertiary/aromatic N) is 2. The third kappa shape index (κ3) is 2.84. The van der Waals surface area contributed by atoms with Gasteiger partial charge in [-0.15, -0.1) is 0 Å². The Morgan fingerprint density at radius 3 is 3.00 bits per heavy atom. The van der Waals surface area contributed by atoms with E-state index in [-0.39, 0.29) is 5.56 Å². The molecule has 76 valence electrons. The second-order valence-corrected chi connectivity index (χ2v) is 4.20. The smallest absolute Gasteiger partial charge is 0.267 e. The van der Waals surface area contributed by atoms with Crippen molar-refractivity contribution in [1.82, 2.24) is 9.55 Å². The fraction of sp³-hybridized carbons (Fsp3) is 0.333. The molecule has 0 spiro atoms. The van der Waals surface area contributed by atoms with Gasteiger partial charge in [-0.1, -0.05) is 12.2 Å². The van der Waals surface area contributed by atoms with E-state index in [0.29, 0.717) is 15.9 Å². The van der Waals surface area contributed by atoms with Gasteiger partial charge in [-0.05, 0) is 29.5 Å². The fourth-order valence-electron chi connectivity index (χ4n) is 0.939. The van der Waals surface area contributed by atoms with Crippen molar-refractivity contribution in [2.24, 2.45) is 0 Å². The Morgan fingerprint density at radius 1 is 1.64 bits per heavy atom. The average Bonchev–Trinajstić information content (AvgIpc) is 2.18. The molecule has 0 N–H and O–H groups in total. The molecule has 0 aliphatic carbocycles. The van der Waals surface area contributed by atoms with E-state index in [0.717, 1.165) is 5.69 Å². The van der Waals surface area contributed by atoms with Crippen molar-refractivity contribution in [3.05, 3.63) is 38.1 Å². The van der Waals surface area contributed by atoms with E-state index in [9.17, 15) is 4.79 Å². The van der Waals surface area contributed by atoms with Crippen LogP contribution in [0.2, 0.25) is 0 Å². The van der Waals surface area contributed by atoms with Crippen LogP contribution in [-0.4, -0.2) is 15.3 Å². The van der Waals surface area contributed by atoms with Gasteiger partial charge in [-0.2, -0.15) is 12.6 Å². The SMILES string of the molecule is Cc1ncn(C/C=C/CS)c(=O)c1I. The Bertz CT molecular complexity index is 400. The lowest BCUT2D eigenvalue weighted by Crippen LogP contribution is -2.23. The Balaban J connectivity index is 2.95. The summed E-state index contributed by atoms with van der Waals surface area (Å²) in [6, 6.07) is 0. The lowest BCUT2D eigenvalue weighted by atomic mass is 10.4. The summed E-state index contributed by atoms with van der Waals surface area (Å²) in [7, 11) is 0. The Hall–Kier alpha value is -0.300. The zero-order valence-electron chi connectivity index (χ0n) is 7.77. The van der Waals surface area contributed by atoms with Gasteiger partial charge in [0.2, 0.25) is 0 Å². The first kappa shape index (κ1) is 11.8. The third-order valence-corrected chi connectivity index (χ3v) is 3.18. The molecule has 0 saturated heterocycles. The number of aryl methyl sites for hydroxylation is 1. The number of hydrogen-bond acceptors (Lipinski definition) is 3. The maximum Gasteiger partial charge on any atom is 0.267 e. The van der Waals surface area contributed by atoms with Crippen LogP contribution in [0.5, 0.6) is 0 Å². The summed E-state index contributed by atoms with van der Waals surface area (Å²) in [6.45, 7) is 2.39. The van der Waals surface area contributed by atoms with E-state index in [1.54, 1.807) is 10.9 Å². The minimum absolute atomic E-state index is 0.0157. The molecule has 14 heavy (non-hydrogen) atoms. The Labute approximate surface area is 102 Å². The van der Waals surface area contributed by atoms with Crippen molar-refractivity contribution in [3.63, 3.8) is 0 Å². The first-order chi connectivity index (χ1) is 6.66. The van der Waals surface area contributed by atoms with Gasteiger partial charge in [0, 0.05) is 12.3 Å². The van der Waals surface area contributed by atoms with Crippen LogP contribution in [0.25, 0.3) is 0 Å². The molecule has 0 radical (unpaired) electrons. The Morgan fingerprint density at radius 2 is 2.36 bits per heavy atom. The summed E-state index contributed by atoms with van der Waals surface area (Å²) in [4.78, 5) is 15.8. The third-order valence-electron chi connectivity index (χ3n) is 1.73. The van der Waals surface area contributed by atoms with Crippen LogP contribution in [0, 0.1) is 10.5 Å². The molecule has 1 aromatic rings. The molecule has 0 amide bonds. The van der Waals surface area contributed by atoms with Crippen LogP contribution < -0.4 is 5.56 Å². The molecule has 0 fully saturated rings. The molecule has 0 unspecified atom stereocenters. The molecular weight excluding hydrogens is 311 g/mol. The van der Waals surface area contributed by atoms with E-state index in [4.69, 9.17) is 0 Å². The summed E-state index contributed by atoms with van der Waals surface area (Å²) in [5.41, 5.74) is 0.798. The summed E-state index contributed by atoms with van der Waals surface area (Å²) in [5.74, 6) is 0.686. The van der Waals surface area contributed by atoms with E-state index in [1.165, 1.54) is 0 Å². The largest absolute Gasteiger partial charge is 0.294 e. The predicted octanol–water partition coefficient (Wildman–Crippen LogP) is 1.64. The lowest BCUT2D eigenvalue weighted by molar-refractivity contribution is 0.739. The van der Waals surface area contributed by atoms with Gasteiger partial charge in [0.25, 0.3) is 5.56 Å². The van der Waals surface area contributed by atoms with Gasteiger partial charge in [0.15, 0.2) is 0 Å². The first-order valence-electron chi connectivity index (χ1n) is 4.14. The molecule has 0 atom stereocenters. The maximum atomic E-state index is 11.6. The van der Waals surface area contributed by atoms with E-state index in [1.807, 2.05) is 41.7 Å². The summed E-state index contributed by atoms with van der Waals surface area (Å²) < 4.78 is 2.26. The van der Waals surface area contributed by atoms with Crippen LogP contribution in [0.3, 0.4) is 0 Å². The standard InChI is InChI=1S/C9H11IN2OS/c1-7-8(10)9(13)12(6-11-7)4-2-3-5-14/h2-3,6,14H,4-5H2,1H3/b3-2+. The number of rotatable bonds is 3. The topological polar surface area (TPSA) is 34.9 Å². The normalized spacial score (nSPS) is 11.1. The highest BCUT2D eigenvalue weighted by Crippen LogP contribution is 2.01. The molecule has 0 saturated carbocycles. The Kier molecular flexibility index (Phi) is 4.67. The summed E-state index contributed by atoms with van der Waals surface area (Å²) in [6.07, 6.45) is 5.38. The molecule has 1 rings (SSSR count). The van der Waals surface area contributed by atoms with Crippen LogP contribution in [-0.2, 0) is 6.54 Å². The van der Waals surface area contributed by atoms with Crippen LogP contribution in [0.1, 0.15) is 5.69 Å². The van der Waals surface area contributed by atoms with Gasteiger partial charge in [0.1, 0.15) is 0 Å². The van der Waals surface area contributed by atoms with Gasteiger partial charge < -0.3 is 0 Å². The number of hydrogen-bond donors (Lipinski definition) is 1. The van der Waals surface area contributed by atoms with Gasteiger partial charge >= 0.3 is 0 Å². The zero-order valence-corrected chi connectivity index (χ0v) is 10.8. The second-order valence-electron chi connectivity index (χ2n) is 2.76. The van der Waals surface area contributed by atoms with Crippen LogP contribution >= 0.6 is 35.2 Å². The minimum Gasteiger partial charge on any atom is -0.294 e. The van der Waals surface area contributed by atoms with Crippen molar-refractivity contribution in [2.75, 3.05) is 5.75 Å². The monoisotopic (exact) mass is 322 g/mol. The van der Waals surface area contributed by atoms with Crippen molar-refractivity contribution in [3.8, 4) is 0 Å². The summed E-state index contributed by atoms with van der Waals surface area (Å²) >= 11 is 6.06. The van der Waals surface area contributed by atoms with Crippen molar-refractivity contribution in [2.45, 2.75) is 13.5 Å². The highest BCUT2D eigenvalue weighted by atomic mass is 127. The molecule has 0 aliphatic heterocycles. The van der Waals surface area contributed by atoms with E-state index >= 15 is 0 Å². The van der Waals surface area contributed by atoms with E-state index in [2.05, 4.69) is 17.6 Å². The molecular formula is C9H11IN2OS. The predicted molar refractivity (Wildman–Crippen MR) is 68.9 cm³/mol. The maximum absolute atomic E-state index is 11.6. The highest BCUT2D eigenvalue weighted by molar-refractivity contribution is 14.1. The molecule has 3 nitrogen and oxygen atoms in total. The van der Waals surface area contributed by atoms with Crippen LogP contribution in [0.4, 0.5) is 0 Å². The quantitative estimate of drug-likeness (QED) is 0.522. The molecule has 0 aromatic carbocycles. The fourth-order valence-corrected chi connectivity index (χ4v) is 1.54. The van der Waals surface area contributed by atoms with Crippen molar-refractivity contribution < 1.29 is 0 Å². The van der Waals surface area contributed by atoms with Crippen molar-refractivity contribution >= 4 is 35.2 Å². The zero-order chi connectivity index (χ0) is 10.6. The summed E-state index contributed by atoms with van der Waals surface area (Å²) in [5, 5.41) is 0. The van der Waals surface area contributed by atoms with Gasteiger partial charge in [-0.3, -0.25) is 9.36 Å². The number of halogens is 1. The minimum atomic E-state index is 0.0157. The van der Waals surface area contributed by atoms with Crippen LogP contribution in [0.15, 0.2) is 23.3 Å². The average molecular weight is 322 g/mol. The van der Waals surface area contributed by atoms with E-state index < -0.39 is 0 Å². The second kappa shape index (κ2) is 5.55. The molecule has 1 heterocycles. The van der Waals surface area contributed by atoms with Gasteiger partial charge in [-0.25, -0.2) is 4.98 Å². The molecule has 1 aromatic heterocycles. The molecule has 0 bridgehead atoms. The highest BCUT2D eigenvalue weighted by Gasteiger charge is 2.03. The number of allylic oxidation sites excluding steroid dienone is 1. The molecule has 5 heteroatoms. The lowest BCUT2D eigenvalue weighted by Gasteiger charge is -2.03. The molecule has 0 aliphatic rings.